The highest BCUT2D eigenvalue weighted by atomic mass is 32.2. The minimum atomic E-state index is 0.326. The minimum Gasteiger partial charge on any atom is -0.354 e. The van der Waals surface area contributed by atoms with Gasteiger partial charge < -0.3 is 10.2 Å². The summed E-state index contributed by atoms with van der Waals surface area (Å²) in [5.74, 6) is 2.31. The van der Waals surface area contributed by atoms with Crippen LogP contribution in [0, 0.1) is 0 Å². The van der Waals surface area contributed by atoms with Crippen LogP contribution in [0.5, 0.6) is 0 Å². The number of anilines is 1. The first-order valence-electron chi connectivity index (χ1n) is 7.04. The number of thioether (sulfide) groups is 1. The Hall–Kier alpha value is -0.740. The van der Waals surface area contributed by atoms with Gasteiger partial charge in [0.25, 0.3) is 0 Å². The topological polar surface area (TPSA) is 28.2 Å². The van der Waals surface area contributed by atoms with Gasteiger partial charge in [0.15, 0.2) is 0 Å². The molecule has 1 aromatic rings. The third kappa shape index (κ3) is 4.39. The van der Waals surface area contributed by atoms with Crippen LogP contribution in [0.3, 0.4) is 0 Å². The third-order valence-electron chi connectivity index (χ3n) is 3.23. The van der Waals surface area contributed by atoms with E-state index in [1.165, 1.54) is 5.75 Å². The fourth-order valence-corrected chi connectivity index (χ4v) is 3.37. The Labute approximate surface area is 121 Å². The summed E-state index contributed by atoms with van der Waals surface area (Å²) in [7, 11) is 0. The first-order chi connectivity index (χ1) is 8.96. The van der Waals surface area contributed by atoms with Gasteiger partial charge in [0, 0.05) is 36.2 Å². The van der Waals surface area contributed by atoms with E-state index in [-0.39, 0.29) is 0 Å². The summed E-state index contributed by atoms with van der Waals surface area (Å²) in [4.78, 5) is 7.20. The van der Waals surface area contributed by atoms with Crippen molar-refractivity contribution in [3.05, 3.63) is 23.9 Å². The van der Waals surface area contributed by atoms with Crippen molar-refractivity contribution in [1.29, 1.82) is 0 Å². The Morgan fingerprint density at radius 2 is 2.21 bits per heavy atom. The van der Waals surface area contributed by atoms with Gasteiger partial charge in [-0.3, -0.25) is 0 Å². The van der Waals surface area contributed by atoms with E-state index in [0.717, 1.165) is 31.1 Å². The third-order valence-corrected chi connectivity index (χ3v) is 4.53. The van der Waals surface area contributed by atoms with Crippen molar-refractivity contribution in [3.63, 3.8) is 0 Å². The number of nitrogens with zero attached hydrogens (tertiary/aromatic N) is 2. The molecule has 0 saturated carbocycles. The molecule has 1 aliphatic heterocycles. The van der Waals surface area contributed by atoms with Crippen molar-refractivity contribution in [2.75, 3.05) is 23.7 Å². The molecular formula is C15H25N3S. The molecular weight excluding hydrogens is 254 g/mol. The zero-order valence-corrected chi connectivity index (χ0v) is 13.3. The molecule has 3 nitrogen and oxygen atoms in total. The summed E-state index contributed by atoms with van der Waals surface area (Å²) in [6, 6.07) is 6.85. The molecule has 2 heterocycles. The maximum absolute atomic E-state index is 4.79. The van der Waals surface area contributed by atoms with E-state index in [1.807, 2.05) is 0 Å². The quantitative estimate of drug-likeness (QED) is 0.917. The molecule has 2 rings (SSSR count). The van der Waals surface area contributed by atoms with Gasteiger partial charge in [0.1, 0.15) is 5.82 Å². The predicted molar refractivity (Wildman–Crippen MR) is 85.0 cm³/mol. The van der Waals surface area contributed by atoms with Crippen LogP contribution in [0.2, 0.25) is 0 Å². The molecule has 106 valence electrons. The van der Waals surface area contributed by atoms with E-state index >= 15 is 0 Å². The van der Waals surface area contributed by atoms with Gasteiger partial charge in [-0.05, 0) is 26.0 Å². The number of aromatic nitrogens is 1. The number of pyridine rings is 1. The van der Waals surface area contributed by atoms with E-state index in [2.05, 4.69) is 67.9 Å². The molecule has 0 bridgehead atoms. The Morgan fingerprint density at radius 3 is 2.89 bits per heavy atom. The van der Waals surface area contributed by atoms with Crippen LogP contribution < -0.4 is 10.2 Å². The highest BCUT2D eigenvalue weighted by Gasteiger charge is 2.27. The van der Waals surface area contributed by atoms with Crippen LogP contribution in [-0.2, 0) is 6.54 Å². The highest BCUT2D eigenvalue weighted by Crippen LogP contribution is 2.31. The molecule has 1 aromatic heterocycles. The van der Waals surface area contributed by atoms with Crippen molar-refractivity contribution >= 4 is 17.6 Å². The lowest BCUT2D eigenvalue weighted by Crippen LogP contribution is -2.43. The number of rotatable bonds is 4. The Morgan fingerprint density at radius 1 is 1.42 bits per heavy atom. The van der Waals surface area contributed by atoms with Gasteiger partial charge in [-0.1, -0.05) is 19.9 Å². The SMILES string of the molecule is CC(C)NCc1cccc(N2CCSC(C)(C)C2)n1. The smallest absolute Gasteiger partial charge is 0.128 e. The van der Waals surface area contributed by atoms with Crippen LogP contribution in [0.1, 0.15) is 33.4 Å². The zero-order valence-electron chi connectivity index (χ0n) is 12.4. The molecule has 0 aromatic carbocycles. The number of hydrogen-bond donors (Lipinski definition) is 1. The molecule has 0 amide bonds. The molecule has 1 N–H and O–H groups in total. The summed E-state index contributed by atoms with van der Waals surface area (Å²) in [6.07, 6.45) is 0. The second-order valence-corrected chi connectivity index (χ2v) is 7.85. The lowest BCUT2D eigenvalue weighted by atomic mass is 10.2. The van der Waals surface area contributed by atoms with Crippen molar-refractivity contribution in [2.24, 2.45) is 0 Å². The molecule has 1 fully saturated rings. The van der Waals surface area contributed by atoms with E-state index in [9.17, 15) is 0 Å². The zero-order chi connectivity index (χ0) is 13.9. The molecule has 0 spiro atoms. The maximum atomic E-state index is 4.79. The minimum absolute atomic E-state index is 0.326. The first-order valence-corrected chi connectivity index (χ1v) is 8.03. The first kappa shape index (κ1) is 14.7. The van der Waals surface area contributed by atoms with Crippen LogP contribution in [0.15, 0.2) is 18.2 Å². The standard InChI is InChI=1S/C15H25N3S/c1-12(2)16-10-13-6-5-7-14(17-13)18-8-9-19-15(3,4)11-18/h5-7,12,16H,8-11H2,1-4H3. The van der Waals surface area contributed by atoms with Crippen LogP contribution in [0.4, 0.5) is 5.82 Å². The maximum Gasteiger partial charge on any atom is 0.128 e. The van der Waals surface area contributed by atoms with E-state index in [0.29, 0.717) is 10.8 Å². The van der Waals surface area contributed by atoms with Crippen molar-refractivity contribution < 1.29 is 0 Å². The summed E-state index contributed by atoms with van der Waals surface area (Å²) < 4.78 is 0.326. The molecule has 4 heteroatoms. The second-order valence-electron chi connectivity index (χ2n) is 6.05. The van der Waals surface area contributed by atoms with E-state index in [1.54, 1.807) is 0 Å². The Kier molecular flexibility index (Phi) is 4.74. The molecule has 0 atom stereocenters. The van der Waals surface area contributed by atoms with Crippen molar-refractivity contribution in [2.45, 2.75) is 45.0 Å². The van der Waals surface area contributed by atoms with Crippen LogP contribution >= 0.6 is 11.8 Å². The second kappa shape index (κ2) is 6.14. The summed E-state index contributed by atoms with van der Waals surface area (Å²) in [5, 5.41) is 3.42. The lowest BCUT2D eigenvalue weighted by molar-refractivity contribution is 0.580. The summed E-state index contributed by atoms with van der Waals surface area (Å²) in [6.45, 7) is 12.0. The van der Waals surface area contributed by atoms with E-state index in [4.69, 9.17) is 4.98 Å². The van der Waals surface area contributed by atoms with Gasteiger partial charge >= 0.3 is 0 Å². The largest absolute Gasteiger partial charge is 0.354 e. The molecule has 19 heavy (non-hydrogen) atoms. The summed E-state index contributed by atoms with van der Waals surface area (Å²) in [5.41, 5.74) is 1.13. The highest BCUT2D eigenvalue weighted by molar-refractivity contribution is 8.00. The lowest BCUT2D eigenvalue weighted by Gasteiger charge is -2.38. The normalized spacial score (nSPS) is 18.9. The van der Waals surface area contributed by atoms with Gasteiger partial charge in [0.05, 0.1) is 5.69 Å². The average Bonchev–Trinajstić information content (AvgIpc) is 2.35. The van der Waals surface area contributed by atoms with Gasteiger partial charge in [-0.25, -0.2) is 4.98 Å². The monoisotopic (exact) mass is 279 g/mol. The van der Waals surface area contributed by atoms with E-state index < -0.39 is 0 Å². The number of nitrogens with one attached hydrogen (secondary N) is 1. The fraction of sp³-hybridized carbons (Fsp3) is 0.667. The van der Waals surface area contributed by atoms with Gasteiger partial charge in [-0.15, -0.1) is 0 Å². The van der Waals surface area contributed by atoms with Crippen LogP contribution in [-0.4, -0.2) is 34.6 Å². The fourth-order valence-electron chi connectivity index (χ4n) is 2.26. The predicted octanol–water partition coefficient (Wildman–Crippen LogP) is 2.91. The summed E-state index contributed by atoms with van der Waals surface area (Å²) >= 11 is 2.06. The van der Waals surface area contributed by atoms with Crippen molar-refractivity contribution in [1.82, 2.24) is 10.3 Å². The van der Waals surface area contributed by atoms with Crippen LogP contribution in [0.25, 0.3) is 0 Å². The molecule has 1 saturated heterocycles. The molecule has 0 unspecified atom stereocenters. The Balaban J connectivity index is 2.05. The average molecular weight is 279 g/mol. The van der Waals surface area contributed by atoms with Gasteiger partial charge in [-0.2, -0.15) is 11.8 Å². The van der Waals surface area contributed by atoms with Gasteiger partial charge in [0.2, 0.25) is 0 Å². The van der Waals surface area contributed by atoms with Crippen molar-refractivity contribution in [3.8, 4) is 0 Å². The molecule has 1 aliphatic rings. The molecule has 0 aliphatic carbocycles. The number of hydrogen-bond acceptors (Lipinski definition) is 4. The molecule has 0 radical (unpaired) electrons. The Bertz CT molecular complexity index is 418.